The van der Waals surface area contributed by atoms with Crippen molar-refractivity contribution < 1.29 is 9.21 Å². The van der Waals surface area contributed by atoms with Crippen LogP contribution < -0.4 is 11.5 Å². The van der Waals surface area contributed by atoms with Crippen molar-refractivity contribution in [2.24, 2.45) is 12.8 Å². The summed E-state index contributed by atoms with van der Waals surface area (Å²) in [4.78, 5) is 21.9. The molecule has 0 saturated carbocycles. The second-order valence-electron chi connectivity index (χ2n) is 3.37. The Morgan fingerprint density at radius 3 is 2.93 bits per heavy atom. The summed E-state index contributed by atoms with van der Waals surface area (Å²) in [6.07, 6.45) is 0.162. The molecule has 1 aromatic heterocycles. The normalized spacial score (nSPS) is 10.7. The number of primary amides is 1. The number of rotatable bonds is 2. The number of hydrogen-bond donors (Lipinski definition) is 1. The smallest absolute Gasteiger partial charge is 0.408 e. The topological polar surface area (TPSA) is 78.2 Å². The van der Waals surface area contributed by atoms with Gasteiger partial charge in [0.25, 0.3) is 0 Å². The molecular weight excluding hydrogens is 196 g/mol. The first kappa shape index (κ1) is 9.51. The molecular formula is C10H10N2O3. The number of amides is 1. The number of aromatic nitrogens is 1. The summed E-state index contributed by atoms with van der Waals surface area (Å²) in [5, 5.41) is 0. The minimum atomic E-state index is -0.416. The summed E-state index contributed by atoms with van der Waals surface area (Å²) in [5.74, 6) is -0.816. The molecule has 5 heteroatoms. The van der Waals surface area contributed by atoms with Crippen molar-refractivity contribution in [1.82, 2.24) is 4.57 Å². The van der Waals surface area contributed by atoms with Crippen molar-refractivity contribution in [3.8, 4) is 0 Å². The number of carbonyl (C=O) groups is 1. The van der Waals surface area contributed by atoms with Crippen LogP contribution in [0.2, 0.25) is 0 Å². The summed E-state index contributed by atoms with van der Waals surface area (Å²) < 4.78 is 6.34. The zero-order valence-corrected chi connectivity index (χ0v) is 8.19. The maximum absolute atomic E-state index is 11.2. The first-order chi connectivity index (χ1) is 7.08. The van der Waals surface area contributed by atoms with Crippen molar-refractivity contribution in [2.75, 3.05) is 0 Å². The predicted molar refractivity (Wildman–Crippen MR) is 54.4 cm³/mol. The summed E-state index contributed by atoms with van der Waals surface area (Å²) in [6.45, 7) is 0. The van der Waals surface area contributed by atoms with Crippen LogP contribution >= 0.6 is 0 Å². The number of fused-ring (bicyclic) bond motifs is 1. The molecule has 0 unspecified atom stereocenters. The fourth-order valence-electron chi connectivity index (χ4n) is 1.48. The lowest BCUT2D eigenvalue weighted by Crippen LogP contribution is -2.13. The van der Waals surface area contributed by atoms with E-state index < -0.39 is 11.7 Å². The molecule has 1 amide bonds. The highest BCUT2D eigenvalue weighted by Gasteiger charge is 2.07. The van der Waals surface area contributed by atoms with Gasteiger partial charge in [-0.3, -0.25) is 9.36 Å². The third kappa shape index (κ3) is 1.63. The van der Waals surface area contributed by atoms with Crippen molar-refractivity contribution in [3.05, 3.63) is 34.3 Å². The first-order valence-electron chi connectivity index (χ1n) is 4.44. The average Bonchev–Trinajstić information content (AvgIpc) is 2.43. The average molecular weight is 206 g/mol. The van der Waals surface area contributed by atoms with Gasteiger partial charge in [0.1, 0.15) is 0 Å². The van der Waals surface area contributed by atoms with E-state index in [0.717, 1.165) is 5.56 Å². The van der Waals surface area contributed by atoms with Crippen molar-refractivity contribution in [2.45, 2.75) is 6.42 Å². The van der Waals surface area contributed by atoms with Gasteiger partial charge in [0, 0.05) is 7.05 Å². The van der Waals surface area contributed by atoms with E-state index in [2.05, 4.69) is 0 Å². The van der Waals surface area contributed by atoms with Crippen LogP contribution in [0.1, 0.15) is 5.56 Å². The van der Waals surface area contributed by atoms with Crippen LogP contribution in [0.25, 0.3) is 11.1 Å². The van der Waals surface area contributed by atoms with Crippen LogP contribution in [0, 0.1) is 0 Å². The number of oxazole rings is 1. The van der Waals surface area contributed by atoms with E-state index in [9.17, 15) is 9.59 Å². The lowest BCUT2D eigenvalue weighted by molar-refractivity contribution is -0.117. The Kier molecular flexibility index (Phi) is 2.07. The molecule has 0 aliphatic heterocycles. The molecule has 5 nitrogen and oxygen atoms in total. The summed E-state index contributed by atoms with van der Waals surface area (Å²) in [7, 11) is 1.61. The molecule has 0 saturated heterocycles. The van der Waals surface area contributed by atoms with Gasteiger partial charge in [-0.2, -0.15) is 0 Å². The molecule has 0 fully saturated rings. The second kappa shape index (κ2) is 3.27. The van der Waals surface area contributed by atoms with Gasteiger partial charge in [-0.15, -0.1) is 0 Å². The molecule has 15 heavy (non-hydrogen) atoms. The van der Waals surface area contributed by atoms with Crippen LogP contribution in [0.3, 0.4) is 0 Å². The van der Waals surface area contributed by atoms with Gasteiger partial charge in [-0.05, 0) is 17.7 Å². The highest BCUT2D eigenvalue weighted by Crippen LogP contribution is 2.14. The summed E-state index contributed by atoms with van der Waals surface area (Å²) >= 11 is 0. The maximum Gasteiger partial charge on any atom is 0.419 e. The molecule has 2 aromatic rings. The van der Waals surface area contributed by atoms with E-state index in [1.165, 1.54) is 4.57 Å². The van der Waals surface area contributed by atoms with E-state index in [0.29, 0.717) is 11.1 Å². The SMILES string of the molecule is Cn1c(=O)oc2ccc(CC(N)=O)cc21. The summed E-state index contributed by atoms with van der Waals surface area (Å²) in [5.41, 5.74) is 7.03. The number of carbonyl (C=O) groups excluding carboxylic acids is 1. The lowest BCUT2D eigenvalue weighted by atomic mass is 10.1. The first-order valence-corrected chi connectivity index (χ1v) is 4.44. The molecule has 0 bridgehead atoms. The van der Waals surface area contributed by atoms with Crippen LogP contribution in [-0.2, 0) is 18.3 Å². The number of hydrogen-bond acceptors (Lipinski definition) is 3. The number of nitrogens with zero attached hydrogens (tertiary/aromatic N) is 1. The Hall–Kier alpha value is -2.04. The van der Waals surface area contributed by atoms with E-state index in [-0.39, 0.29) is 6.42 Å². The molecule has 2 rings (SSSR count). The third-order valence-electron chi connectivity index (χ3n) is 2.23. The summed E-state index contributed by atoms with van der Waals surface area (Å²) in [6, 6.07) is 5.11. The zero-order chi connectivity index (χ0) is 11.0. The standard InChI is InChI=1S/C10H10N2O3/c1-12-7-4-6(5-9(11)13)2-3-8(7)15-10(12)14/h2-4H,5H2,1H3,(H2,11,13). The van der Waals surface area contributed by atoms with Crippen LogP contribution in [0.15, 0.2) is 27.4 Å². The highest BCUT2D eigenvalue weighted by molar-refractivity contribution is 5.79. The van der Waals surface area contributed by atoms with Crippen molar-refractivity contribution in [3.63, 3.8) is 0 Å². The zero-order valence-electron chi connectivity index (χ0n) is 8.19. The molecule has 78 valence electrons. The number of aryl methyl sites for hydroxylation is 1. The van der Waals surface area contributed by atoms with Gasteiger partial charge in [0.15, 0.2) is 5.58 Å². The second-order valence-corrected chi connectivity index (χ2v) is 3.37. The Bertz CT molecular complexity index is 580. The molecule has 0 aliphatic carbocycles. The molecule has 0 spiro atoms. The molecule has 0 radical (unpaired) electrons. The Labute approximate surface area is 85.1 Å². The molecule has 2 N–H and O–H groups in total. The largest absolute Gasteiger partial charge is 0.419 e. The quantitative estimate of drug-likeness (QED) is 0.760. The highest BCUT2D eigenvalue weighted by atomic mass is 16.4. The van der Waals surface area contributed by atoms with E-state index >= 15 is 0 Å². The van der Waals surface area contributed by atoms with Gasteiger partial charge in [-0.1, -0.05) is 6.07 Å². The molecule has 0 atom stereocenters. The van der Waals surface area contributed by atoms with E-state index in [1.807, 2.05) is 0 Å². The van der Waals surface area contributed by atoms with Gasteiger partial charge in [-0.25, -0.2) is 4.79 Å². The number of nitrogens with two attached hydrogens (primary N) is 1. The maximum atomic E-state index is 11.2. The van der Waals surface area contributed by atoms with Gasteiger partial charge < -0.3 is 10.2 Å². The lowest BCUT2D eigenvalue weighted by Gasteiger charge is -1.97. The van der Waals surface area contributed by atoms with E-state index in [1.54, 1.807) is 25.2 Å². The minimum Gasteiger partial charge on any atom is -0.408 e. The van der Waals surface area contributed by atoms with Crippen LogP contribution in [0.4, 0.5) is 0 Å². The van der Waals surface area contributed by atoms with Crippen LogP contribution in [-0.4, -0.2) is 10.5 Å². The fraction of sp³-hybridized carbons (Fsp3) is 0.200. The van der Waals surface area contributed by atoms with Crippen molar-refractivity contribution >= 4 is 17.0 Å². The van der Waals surface area contributed by atoms with Crippen molar-refractivity contribution in [1.29, 1.82) is 0 Å². The van der Waals surface area contributed by atoms with Gasteiger partial charge in [0.2, 0.25) is 5.91 Å². The van der Waals surface area contributed by atoms with Gasteiger partial charge >= 0.3 is 5.76 Å². The molecule has 1 aromatic carbocycles. The van der Waals surface area contributed by atoms with E-state index in [4.69, 9.17) is 10.2 Å². The minimum absolute atomic E-state index is 0.162. The van der Waals surface area contributed by atoms with Crippen LogP contribution in [0.5, 0.6) is 0 Å². The Morgan fingerprint density at radius 2 is 2.27 bits per heavy atom. The monoisotopic (exact) mass is 206 g/mol. The fourth-order valence-corrected chi connectivity index (χ4v) is 1.48. The molecule has 1 heterocycles. The Balaban J connectivity index is 2.59. The Morgan fingerprint density at radius 1 is 1.53 bits per heavy atom. The number of benzene rings is 1. The third-order valence-corrected chi connectivity index (χ3v) is 2.23. The molecule has 0 aliphatic rings. The van der Waals surface area contributed by atoms with Gasteiger partial charge in [0.05, 0.1) is 11.9 Å². The predicted octanol–water partition coefficient (Wildman–Crippen LogP) is 0.159.